The van der Waals surface area contributed by atoms with Gasteiger partial charge in [0.2, 0.25) is 5.78 Å². The molecular weight excluding hydrogens is 388 g/mol. The van der Waals surface area contributed by atoms with Crippen molar-refractivity contribution in [2.75, 3.05) is 11.5 Å². The molecule has 1 aliphatic heterocycles. The molecule has 1 atom stereocenters. The number of benzene rings is 3. The van der Waals surface area contributed by atoms with Crippen molar-refractivity contribution in [2.24, 2.45) is 5.41 Å². The van der Waals surface area contributed by atoms with E-state index in [4.69, 9.17) is 4.74 Å². The van der Waals surface area contributed by atoms with Crippen molar-refractivity contribution in [1.29, 1.82) is 0 Å². The minimum atomic E-state index is -0.0161. The molecule has 0 radical (unpaired) electrons. The zero-order valence-corrected chi connectivity index (χ0v) is 19.0. The molecule has 0 N–H and O–H groups in total. The molecule has 0 aliphatic carbocycles. The summed E-state index contributed by atoms with van der Waals surface area (Å²) in [6.45, 7) is 6.65. The van der Waals surface area contributed by atoms with Gasteiger partial charge in [0.05, 0.1) is 0 Å². The Kier molecular flexibility index (Phi) is 6.19. The molecule has 0 amide bonds. The Morgan fingerprint density at radius 1 is 0.833 bits per heavy atom. The number of ether oxygens (including phenoxy) is 1. The summed E-state index contributed by atoms with van der Waals surface area (Å²) in [6.07, 6.45) is 3.85. The second kappa shape index (κ2) is 8.85. The van der Waals surface area contributed by atoms with Gasteiger partial charge in [0.15, 0.2) is 5.25 Å². The maximum Gasteiger partial charge on any atom is 0.215 e. The van der Waals surface area contributed by atoms with E-state index in [9.17, 15) is 4.79 Å². The quantitative estimate of drug-likeness (QED) is 0.328. The Morgan fingerprint density at radius 3 is 2.13 bits per heavy atom. The molecular formula is C27H31O2S+. The molecule has 1 saturated heterocycles. The highest BCUT2D eigenvalue weighted by molar-refractivity contribution is 7.98. The molecule has 0 bridgehead atoms. The fourth-order valence-electron chi connectivity index (χ4n) is 4.34. The van der Waals surface area contributed by atoms with Crippen molar-refractivity contribution < 1.29 is 9.53 Å². The second-order valence-corrected chi connectivity index (χ2v) is 11.6. The number of rotatable bonds is 5. The summed E-state index contributed by atoms with van der Waals surface area (Å²) in [7, 11) is 0.186. The number of carbonyl (C=O) groups is 1. The zero-order valence-electron chi connectivity index (χ0n) is 18.2. The van der Waals surface area contributed by atoms with Gasteiger partial charge in [0, 0.05) is 11.0 Å². The van der Waals surface area contributed by atoms with Gasteiger partial charge in [-0.3, -0.25) is 4.79 Å². The van der Waals surface area contributed by atoms with E-state index in [-0.39, 0.29) is 21.6 Å². The number of ketones is 1. The summed E-state index contributed by atoms with van der Waals surface area (Å²) in [5.41, 5.74) is 0.788. The Balaban J connectivity index is 1.51. The van der Waals surface area contributed by atoms with E-state index in [2.05, 4.69) is 39.0 Å². The first-order chi connectivity index (χ1) is 14.4. The summed E-state index contributed by atoms with van der Waals surface area (Å²) < 4.78 is 6.06. The first kappa shape index (κ1) is 21.0. The van der Waals surface area contributed by atoms with E-state index >= 15 is 0 Å². The minimum Gasteiger partial charge on any atom is -0.457 e. The molecule has 3 aromatic carbocycles. The van der Waals surface area contributed by atoms with Crippen LogP contribution in [0.4, 0.5) is 0 Å². The maximum absolute atomic E-state index is 13.5. The fourth-order valence-corrected chi connectivity index (χ4v) is 7.60. The van der Waals surface area contributed by atoms with E-state index < -0.39 is 0 Å². The normalized spacial score (nSPS) is 16.4. The Hall–Kier alpha value is -2.26. The van der Waals surface area contributed by atoms with Crippen molar-refractivity contribution in [2.45, 2.75) is 45.3 Å². The lowest BCUT2D eigenvalue weighted by atomic mass is 9.87. The van der Waals surface area contributed by atoms with Crippen LogP contribution in [0, 0.1) is 5.41 Å². The van der Waals surface area contributed by atoms with Crippen LogP contribution in [0.2, 0.25) is 0 Å². The van der Waals surface area contributed by atoms with Gasteiger partial charge in [-0.05, 0) is 77.3 Å². The fraction of sp³-hybridized carbons (Fsp3) is 0.370. The molecule has 4 rings (SSSR count). The molecule has 0 saturated carbocycles. The summed E-state index contributed by atoms with van der Waals surface area (Å²) in [4.78, 5) is 13.5. The number of Topliss-reactive ketones (excluding diaryl/α,β-unsaturated/α-hetero) is 1. The Morgan fingerprint density at radius 2 is 1.47 bits per heavy atom. The summed E-state index contributed by atoms with van der Waals surface area (Å²) in [5.74, 6) is 4.27. The largest absolute Gasteiger partial charge is 0.457 e. The Bertz CT molecular complexity index is 1010. The van der Waals surface area contributed by atoms with Crippen LogP contribution in [-0.4, -0.2) is 22.5 Å². The Labute approximate surface area is 183 Å². The predicted octanol–water partition coefficient (Wildman–Crippen LogP) is 7.03. The van der Waals surface area contributed by atoms with Crippen LogP contribution in [0.15, 0.2) is 66.7 Å². The molecule has 1 heterocycles. The molecule has 156 valence electrons. The average Bonchev–Trinajstić information content (AvgIpc) is 2.74. The van der Waals surface area contributed by atoms with Gasteiger partial charge in [0.1, 0.15) is 23.0 Å². The van der Waals surface area contributed by atoms with Crippen LogP contribution >= 0.6 is 0 Å². The third-order valence-corrected chi connectivity index (χ3v) is 8.98. The standard InChI is InChI=1S/C27H31O2S/c1-27(2,3)26(30-17-7-4-8-18-30)25(28)21-12-14-23(15-13-21)29-24-16-11-20-9-5-6-10-22(20)19-24/h5-6,9-16,19,26H,4,7-8,17-18H2,1-3H3/q+1. The maximum atomic E-state index is 13.5. The molecule has 3 heteroatoms. The highest BCUT2D eigenvalue weighted by Gasteiger charge is 2.45. The number of hydrogen-bond donors (Lipinski definition) is 0. The van der Waals surface area contributed by atoms with Gasteiger partial charge in [-0.1, -0.05) is 51.1 Å². The van der Waals surface area contributed by atoms with E-state index in [1.54, 1.807) is 0 Å². The highest BCUT2D eigenvalue weighted by Crippen LogP contribution is 2.34. The molecule has 0 aromatic heterocycles. The van der Waals surface area contributed by atoms with E-state index in [0.29, 0.717) is 5.78 Å². The lowest BCUT2D eigenvalue weighted by Gasteiger charge is -2.31. The number of carbonyl (C=O) groups excluding carboxylic acids is 1. The lowest BCUT2D eigenvalue weighted by molar-refractivity contribution is 0.0948. The van der Waals surface area contributed by atoms with Crippen molar-refractivity contribution in [3.8, 4) is 11.5 Å². The van der Waals surface area contributed by atoms with Crippen LogP contribution in [0.1, 0.15) is 50.4 Å². The monoisotopic (exact) mass is 419 g/mol. The van der Waals surface area contributed by atoms with Crippen molar-refractivity contribution in [1.82, 2.24) is 0 Å². The van der Waals surface area contributed by atoms with E-state index in [1.165, 1.54) is 36.2 Å². The predicted molar refractivity (Wildman–Crippen MR) is 129 cm³/mol. The van der Waals surface area contributed by atoms with Gasteiger partial charge in [0.25, 0.3) is 0 Å². The van der Waals surface area contributed by atoms with Gasteiger partial charge in [-0.25, -0.2) is 0 Å². The lowest BCUT2D eigenvalue weighted by Crippen LogP contribution is -2.45. The van der Waals surface area contributed by atoms with Crippen LogP contribution in [-0.2, 0) is 10.9 Å². The SMILES string of the molecule is CC(C)(C)C(C(=O)c1ccc(Oc2ccc3ccccc3c2)cc1)[S+]1CCCCC1. The topological polar surface area (TPSA) is 26.3 Å². The first-order valence-corrected chi connectivity index (χ1v) is 12.5. The third-order valence-electron chi connectivity index (χ3n) is 5.77. The minimum absolute atomic E-state index is 0.0161. The average molecular weight is 420 g/mol. The second-order valence-electron chi connectivity index (χ2n) is 9.25. The molecule has 0 spiro atoms. The molecule has 3 aromatic rings. The van der Waals surface area contributed by atoms with Gasteiger partial charge >= 0.3 is 0 Å². The zero-order chi connectivity index (χ0) is 21.1. The summed E-state index contributed by atoms with van der Waals surface area (Å²) >= 11 is 0. The van der Waals surface area contributed by atoms with Gasteiger partial charge in [-0.15, -0.1) is 0 Å². The van der Waals surface area contributed by atoms with E-state index in [1.807, 2.05) is 48.5 Å². The summed E-state index contributed by atoms with van der Waals surface area (Å²) in [5, 5.41) is 2.45. The van der Waals surface area contributed by atoms with Crippen LogP contribution in [0.5, 0.6) is 11.5 Å². The van der Waals surface area contributed by atoms with Gasteiger partial charge < -0.3 is 4.74 Å². The van der Waals surface area contributed by atoms with E-state index in [0.717, 1.165) is 22.4 Å². The van der Waals surface area contributed by atoms with Crippen LogP contribution < -0.4 is 4.74 Å². The molecule has 30 heavy (non-hydrogen) atoms. The first-order valence-electron chi connectivity index (χ1n) is 10.9. The van der Waals surface area contributed by atoms with Gasteiger partial charge in [-0.2, -0.15) is 0 Å². The molecule has 2 nitrogen and oxygen atoms in total. The van der Waals surface area contributed by atoms with Crippen molar-refractivity contribution in [3.63, 3.8) is 0 Å². The molecule has 1 unspecified atom stereocenters. The van der Waals surface area contributed by atoms with Crippen LogP contribution in [0.3, 0.4) is 0 Å². The molecule has 1 aliphatic rings. The van der Waals surface area contributed by atoms with Crippen molar-refractivity contribution in [3.05, 3.63) is 72.3 Å². The third kappa shape index (κ3) is 4.73. The number of fused-ring (bicyclic) bond motifs is 1. The summed E-state index contributed by atoms with van der Waals surface area (Å²) in [6, 6.07) is 22.1. The molecule has 1 fully saturated rings. The highest BCUT2D eigenvalue weighted by atomic mass is 32.2. The van der Waals surface area contributed by atoms with Crippen molar-refractivity contribution >= 4 is 27.5 Å². The number of hydrogen-bond acceptors (Lipinski definition) is 2. The smallest absolute Gasteiger partial charge is 0.215 e. The van der Waals surface area contributed by atoms with Crippen LogP contribution in [0.25, 0.3) is 10.8 Å².